The lowest BCUT2D eigenvalue weighted by Crippen LogP contribution is -2.61. The monoisotopic (exact) mass is 400 g/mol. The molecule has 1 N–H and O–H groups in total. The van der Waals surface area contributed by atoms with Crippen LogP contribution in [0.3, 0.4) is 0 Å². The summed E-state index contributed by atoms with van der Waals surface area (Å²) < 4.78 is 11.4. The molecule has 0 aromatic carbocycles. The number of allylic oxidation sites excluding steroid dienone is 2. The molecule has 1 saturated heterocycles. The van der Waals surface area contributed by atoms with Crippen LogP contribution in [0, 0.1) is 22.7 Å². The van der Waals surface area contributed by atoms with Crippen LogP contribution in [0.5, 0.6) is 0 Å². The number of hydrogen-bond donors (Lipinski definition) is 1. The molecule has 2 unspecified atom stereocenters. The zero-order valence-electron chi connectivity index (χ0n) is 17.2. The Hall–Kier alpha value is -1.79. The van der Waals surface area contributed by atoms with Gasteiger partial charge in [0.2, 0.25) is 5.78 Å². The Morgan fingerprint density at radius 1 is 1.31 bits per heavy atom. The number of ketones is 2. The standard InChI is InChI=1S/C23H28O6/c1-13(24)28-12-18(26)22(27)9-7-16-17-5-4-14-10-15(25)6-8-20(14,2)23(17)19(29-23)11-21(16,22)3/h4,6,8,16-17,19,27H,5,7,9-12H2,1-3H3/t16?,17?,19-,20-,21-,22-,23+/m0/s1. The zero-order valence-corrected chi connectivity index (χ0v) is 17.2. The summed E-state index contributed by atoms with van der Waals surface area (Å²) in [5.41, 5.74) is -1.63. The Morgan fingerprint density at radius 3 is 2.79 bits per heavy atom. The SMILES string of the molecule is CC(=O)OCC(=O)[C@@]1(O)CCC2C3CC=C4CC(=O)C=C[C@]4(C)[C@@]34O[C@H]4C[C@@]21C. The molecule has 7 atom stereocenters. The minimum atomic E-state index is -1.51. The Labute approximate surface area is 170 Å². The molecule has 4 aliphatic carbocycles. The van der Waals surface area contributed by atoms with E-state index in [1.807, 2.05) is 13.0 Å². The van der Waals surface area contributed by atoms with E-state index in [4.69, 9.17) is 9.47 Å². The summed E-state index contributed by atoms with van der Waals surface area (Å²) in [4.78, 5) is 36.0. The molecule has 6 heteroatoms. The molecule has 1 aliphatic heterocycles. The first kappa shape index (κ1) is 19.2. The van der Waals surface area contributed by atoms with Crippen LogP contribution in [0.2, 0.25) is 0 Å². The van der Waals surface area contributed by atoms with Crippen molar-refractivity contribution in [3.05, 3.63) is 23.8 Å². The number of ether oxygens (including phenoxy) is 2. The average molecular weight is 400 g/mol. The van der Waals surface area contributed by atoms with Crippen LogP contribution in [0.1, 0.15) is 52.9 Å². The number of rotatable bonds is 3. The summed E-state index contributed by atoms with van der Waals surface area (Å²) in [5, 5.41) is 11.5. The van der Waals surface area contributed by atoms with Crippen molar-refractivity contribution in [2.24, 2.45) is 22.7 Å². The Balaban J connectivity index is 1.50. The fraction of sp³-hybridized carbons (Fsp3) is 0.696. The molecule has 3 fully saturated rings. The number of Topliss-reactive ketones (excluding diaryl/α,β-unsaturated/α-hetero) is 1. The van der Waals surface area contributed by atoms with Gasteiger partial charge in [-0.05, 0) is 50.5 Å². The number of carbonyl (C=O) groups is 3. The molecule has 2 saturated carbocycles. The van der Waals surface area contributed by atoms with E-state index >= 15 is 0 Å². The van der Waals surface area contributed by atoms with Gasteiger partial charge in [0.1, 0.15) is 11.2 Å². The molecule has 1 heterocycles. The van der Waals surface area contributed by atoms with E-state index in [0.717, 1.165) is 18.4 Å². The second kappa shape index (κ2) is 5.67. The lowest BCUT2D eigenvalue weighted by atomic mass is 9.47. The van der Waals surface area contributed by atoms with Crippen molar-refractivity contribution in [3.8, 4) is 0 Å². The summed E-state index contributed by atoms with van der Waals surface area (Å²) in [6.45, 7) is 5.05. The molecule has 0 aromatic rings. The number of esters is 1. The predicted octanol–water partition coefficient (Wildman–Crippen LogP) is 2.29. The minimum Gasteiger partial charge on any atom is -0.458 e. The Kier molecular flexibility index (Phi) is 3.75. The van der Waals surface area contributed by atoms with Gasteiger partial charge < -0.3 is 14.6 Å². The molecule has 0 bridgehead atoms. The number of fused-ring (bicyclic) bond motifs is 3. The second-order valence-electron chi connectivity index (χ2n) is 9.98. The van der Waals surface area contributed by atoms with Crippen LogP contribution in [0.25, 0.3) is 0 Å². The highest BCUT2D eigenvalue weighted by Gasteiger charge is 2.80. The predicted molar refractivity (Wildman–Crippen MR) is 103 cm³/mol. The largest absolute Gasteiger partial charge is 0.458 e. The van der Waals surface area contributed by atoms with Crippen LogP contribution >= 0.6 is 0 Å². The molecule has 0 amide bonds. The van der Waals surface area contributed by atoms with Gasteiger partial charge in [0.25, 0.3) is 0 Å². The van der Waals surface area contributed by atoms with Crippen molar-refractivity contribution in [1.29, 1.82) is 0 Å². The molecule has 5 rings (SSSR count). The van der Waals surface area contributed by atoms with Gasteiger partial charge in [0.15, 0.2) is 12.4 Å². The van der Waals surface area contributed by atoms with Crippen molar-refractivity contribution in [2.45, 2.75) is 70.2 Å². The summed E-state index contributed by atoms with van der Waals surface area (Å²) in [6.07, 6.45) is 8.83. The van der Waals surface area contributed by atoms with E-state index in [1.54, 1.807) is 6.08 Å². The highest BCUT2D eigenvalue weighted by molar-refractivity contribution is 5.94. The highest BCUT2D eigenvalue weighted by Crippen LogP contribution is 2.75. The first-order valence-corrected chi connectivity index (χ1v) is 10.6. The van der Waals surface area contributed by atoms with Crippen molar-refractivity contribution in [2.75, 3.05) is 6.61 Å². The third kappa shape index (κ3) is 2.17. The molecule has 6 nitrogen and oxygen atoms in total. The van der Waals surface area contributed by atoms with Gasteiger partial charge in [-0.1, -0.05) is 24.6 Å². The van der Waals surface area contributed by atoms with Gasteiger partial charge in [-0.3, -0.25) is 14.4 Å². The summed E-state index contributed by atoms with van der Waals surface area (Å²) in [5.74, 6) is -0.479. The van der Waals surface area contributed by atoms with E-state index in [2.05, 4.69) is 13.0 Å². The van der Waals surface area contributed by atoms with Gasteiger partial charge in [-0.2, -0.15) is 0 Å². The third-order valence-electron chi connectivity index (χ3n) is 8.92. The smallest absolute Gasteiger partial charge is 0.303 e. The van der Waals surface area contributed by atoms with E-state index in [1.165, 1.54) is 6.92 Å². The van der Waals surface area contributed by atoms with Gasteiger partial charge in [0, 0.05) is 24.2 Å². The Bertz CT molecular complexity index is 888. The van der Waals surface area contributed by atoms with E-state index in [0.29, 0.717) is 19.3 Å². The number of epoxide rings is 1. The lowest BCUT2D eigenvalue weighted by molar-refractivity contribution is -0.165. The van der Waals surface area contributed by atoms with Gasteiger partial charge in [-0.15, -0.1) is 0 Å². The van der Waals surface area contributed by atoms with Gasteiger partial charge in [0.05, 0.1) is 6.10 Å². The molecule has 0 aromatic heterocycles. The normalized spacial score (nSPS) is 49.3. The molecule has 156 valence electrons. The average Bonchev–Trinajstić information content (AvgIpc) is 3.32. The van der Waals surface area contributed by atoms with Crippen LogP contribution in [0.15, 0.2) is 23.8 Å². The molecule has 5 aliphatic rings. The van der Waals surface area contributed by atoms with Gasteiger partial charge >= 0.3 is 5.97 Å². The van der Waals surface area contributed by atoms with Gasteiger partial charge in [-0.25, -0.2) is 0 Å². The van der Waals surface area contributed by atoms with E-state index in [9.17, 15) is 19.5 Å². The van der Waals surface area contributed by atoms with Crippen LogP contribution in [-0.2, 0) is 23.9 Å². The fourth-order valence-electron chi connectivity index (χ4n) is 7.30. The fourth-order valence-corrected chi connectivity index (χ4v) is 7.30. The molecular formula is C23H28O6. The summed E-state index contributed by atoms with van der Waals surface area (Å²) >= 11 is 0. The van der Waals surface area contributed by atoms with Crippen molar-refractivity contribution in [3.63, 3.8) is 0 Å². The van der Waals surface area contributed by atoms with Crippen molar-refractivity contribution in [1.82, 2.24) is 0 Å². The quantitative estimate of drug-likeness (QED) is 0.444. The maximum Gasteiger partial charge on any atom is 0.303 e. The van der Waals surface area contributed by atoms with Crippen molar-refractivity contribution >= 4 is 17.5 Å². The maximum atomic E-state index is 12.9. The topological polar surface area (TPSA) is 93.2 Å². The summed E-state index contributed by atoms with van der Waals surface area (Å²) in [6, 6.07) is 0. The second-order valence-corrected chi connectivity index (χ2v) is 9.98. The number of aliphatic hydroxyl groups is 1. The first-order valence-electron chi connectivity index (χ1n) is 10.6. The molecule has 29 heavy (non-hydrogen) atoms. The van der Waals surface area contributed by atoms with Crippen LogP contribution in [-0.4, -0.2) is 46.6 Å². The first-order chi connectivity index (χ1) is 13.6. The van der Waals surface area contributed by atoms with E-state index in [-0.39, 0.29) is 41.3 Å². The zero-order chi connectivity index (χ0) is 20.8. The number of hydrogen-bond acceptors (Lipinski definition) is 6. The molecule has 1 spiro atoms. The van der Waals surface area contributed by atoms with E-state index < -0.39 is 22.8 Å². The Morgan fingerprint density at radius 2 is 2.07 bits per heavy atom. The highest BCUT2D eigenvalue weighted by atomic mass is 16.6. The van der Waals surface area contributed by atoms with Crippen molar-refractivity contribution < 1.29 is 29.0 Å². The molecule has 0 radical (unpaired) electrons. The summed E-state index contributed by atoms with van der Waals surface area (Å²) in [7, 11) is 0. The lowest BCUT2D eigenvalue weighted by Gasteiger charge is -2.54. The maximum absolute atomic E-state index is 12.9. The minimum absolute atomic E-state index is 0.0496. The van der Waals surface area contributed by atoms with Crippen LogP contribution in [0.4, 0.5) is 0 Å². The van der Waals surface area contributed by atoms with Crippen LogP contribution < -0.4 is 0 Å². The molecular weight excluding hydrogens is 372 g/mol. The third-order valence-corrected chi connectivity index (χ3v) is 8.92. The number of carbonyl (C=O) groups excluding carboxylic acids is 3.